The van der Waals surface area contributed by atoms with Gasteiger partial charge < -0.3 is 19.5 Å². The van der Waals surface area contributed by atoms with E-state index in [0.29, 0.717) is 16.9 Å². The van der Waals surface area contributed by atoms with Gasteiger partial charge in [0.15, 0.2) is 0 Å². The molecule has 0 unspecified atom stereocenters. The second-order valence-corrected chi connectivity index (χ2v) is 8.18. The van der Waals surface area contributed by atoms with Gasteiger partial charge in [-0.2, -0.15) is 0 Å². The average molecular weight is 450 g/mol. The Balaban J connectivity index is 1.73. The Morgan fingerprint density at radius 1 is 1.32 bits per heavy atom. The van der Waals surface area contributed by atoms with Crippen LogP contribution in [0.4, 0.5) is 5.69 Å². The molecule has 0 saturated carbocycles. The zero-order valence-corrected chi connectivity index (χ0v) is 17.8. The van der Waals surface area contributed by atoms with E-state index >= 15 is 0 Å². The number of fused-ring (bicyclic) bond motifs is 1. The topological polar surface area (TPSA) is 136 Å². The van der Waals surface area contributed by atoms with Crippen molar-refractivity contribution < 1.29 is 33.9 Å². The molecule has 1 fully saturated rings. The SMILES string of the molecule is CCOC(=O)CSC1=C(C(=O)OCc2ccc([N+](=O)[O-])cc2)N2C(=O)[C@@H]([C@@H](C)O)[C@H]2C1. The monoisotopic (exact) mass is 450 g/mol. The van der Waals surface area contributed by atoms with Gasteiger partial charge in [-0.05, 0) is 31.5 Å². The first kappa shape index (κ1) is 22.8. The Hall–Kier alpha value is -2.92. The summed E-state index contributed by atoms with van der Waals surface area (Å²) in [6, 6.07) is 5.21. The molecule has 11 heteroatoms. The third kappa shape index (κ3) is 4.72. The number of hydrogen-bond acceptors (Lipinski definition) is 9. The summed E-state index contributed by atoms with van der Waals surface area (Å²) >= 11 is 1.11. The molecular formula is C20H22N2O8S. The van der Waals surface area contributed by atoms with Crippen LogP contribution in [0.2, 0.25) is 0 Å². The minimum absolute atomic E-state index is 0.0175. The maximum atomic E-state index is 12.8. The Kier molecular flexibility index (Phi) is 6.96. The van der Waals surface area contributed by atoms with E-state index < -0.39 is 28.9 Å². The van der Waals surface area contributed by atoms with Crippen LogP contribution in [0.25, 0.3) is 0 Å². The molecule has 31 heavy (non-hydrogen) atoms. The molecule has 0 spiro atoms. The van der Waals surface area contributed by atoms with Crippen LogP contribution >= 0.6 is 11.8 Å². The molecule has 0 radical (unpaired) electrons. The summed E-state index contributed by atoms with van der Waals surface area (Å²) in [7, 11) is 0. The highest BCUT2D eigenvalue weighted by Crippen LogP contribution is 2.47. The molecule has 2 aliphatic heterocycles. The third-order valence-corrected chi connectivity index (χ3v) is 6.16. The fourth-order valence-electron chi connectivity index (χ4n) is 3.63. The number of rotatable bonds is 9. The molecule has 10 nitrogen and oxygen atoms in total. The lowest BCUT2D eigenvalue weighted by Gasteiger charge is -2.44. The third-order valence-electron chi connectivity index (χ3n) is 5.07. The van der Waals surface area contributed by atoms with Gasteiger partial charge in [0.25, 0.3) is 5.69 Å². The van der Waals surface area contributed by atoms with Crippen LogP contribution < -0.4 is 0 Å². The number of carbonyl (C=O) groups is 3. The van der Waals surface area contributed by atoms with E-state index in [2.05, 4.69) is 0 Å². The summed E-state index contributed by atoms with van der Waals surface area (Å²) in [6.07, 6.45) is -0.520. The van der Waals surface area contributed by atoms with Gasteiger partial charge >= 0.3 is 11.9 Å². The highest BCUT2D eigenvalue weighted by Gasteiger charge is 2.57. The molecule has 1 aromatic rings. The Morgan fingerprint density at radius 3 is 2.58 bits per heavy atom. The maximum absolute atomic E-state index is 12.8. The molecule has 3 atom stereocenters. The van der Waals surface area contributed by atoms with Crippen LogP contribution in [-0.4, -0.2) is 57.3 Å². The van der Waals surface area contributed by atoms with E-state index in [4.69, 9.17) is 9.47 Å². The number of aliphatic hydroxyl groups excluding tert-OH is 1. The van der Waals surface area contributed by atoms with Crippen molar-refractivity contribution in [1.29, 1.82) is 0 Å². The fraction of sp³-hybridized carbons (Fsp3) is 0.450. The molecule has 0 aliphatic carbocycles. The predicted molar refractivity (Wildman–Crippen MR) is 109 cm³/mol. The first-order valence-corrected chi connectivity index (χ1v) is 10.7. The molecule has 1 saturated heterocycles. The average Bonchev–Trinajstić information content (AvgIpc) is 3.04. The molecule has 3 rings (SSSR count). The smallest absolute Gasteiger partial charge is 0.356 e. The first-order chi connectivity index (χ1) is 14.7. The molecule has 0 aromatic heterocycles. The Bertz CT molecular complexity index is 928. The number of ether oxygens (including phenoxy) is 2. The van der Waals surface area contributed by atoms with Crippen molar-refractivity contribution in [2.75, 3.05) is 12.4 Å². The Labute approximate surface area is 182 Å². The van der Waals surface area contributed by atoms with E-state index in [1.54, 1.807) is 6.92 Å². The second-order valence-electron chi connectivity index (χ2n) is 7.11. The molecule has 166 valence electrons. The van der Waals surface area contributed by atoms with Crippen molar-refractivity contribution in [2.24, 2.45) is 5.92 Å². The van der Waals surface area contributed by atoms with Gasteiger partial charge in [-0.15, -0.1) is 11.8 Å². The lowest BCUT2D eigenvalue weighted by molar-refractivity contribution is -0.384. The van der Waals surface area contributed by atoms with Crippen molar-refractivity contribution in [2.45, 2.75) is 39.0 Å². The number of hydrogen-bond donors (Lipinski definition) is 1. The molecule has 1 aromatic carbocycles. The molecule has 1 N–H and O–H groups in total. The molecular weight excluding hydrogens is 428 g/mol. The second kappa shape index (κ2) is 9.48. The van der Waals surface area contributed by atoms with Gasteiger partial charge in [-0.25, -0.2) is 4.79 Å². The van der Waals surface area contributed by atoms with Crippen molar-refractivity contribution >= 4 is 35.3 Å². The number of non-ortho nitro benzene ring substituents is 1. The number of aliphatic hydroxyl groups is 1. The van der Waals surface area contributed by atoms with E-state index in [9.17, 15) is 29.6 Å². The number of β-lactam (4-membered cyclic amide) rings is 1. The van der Waals surface area contributed by atoms with Gasteiger partial charge in [0.1, 0.15) is 12.3 Å². The van der Waals surface area contributed by atoms with Gasteiger partial charge in [0, 0.05) is 23.5 Å². The standard InChI is InChI=1S/C20H22N2O8S/c1-3-29-16(24)10-31-15-8-14-17(11(2)23)19(25)21(14)18(15)20(26)30-9-12-4-6-13(7-5-12)22(27)28/h4-7,11,14,17,23H,3,8-10H2,1-2H3/t11-,14-,17+/m1/s1. The van der Waals surface area contributed by atoms with Crippen molar-refractivity contribution in [1.82, 2.24) is 4.90 Å². The van der Waals surface area contributed by atoms with Crippen LogP contribution in [0.5, 0.6) is 0 Å². The summed E-state index contributed by atoms with van der Waals surface area (Å²) in [5.41, 5.74) is 0.541. The summed E-state index contributed by atoms with van der Waals surface area (Å²) in [5.74, 6) is -2.17. The number of nitro benzene ring substituents is 1. The van der Waals surface area contributed by atoms with Gasteiger partial charge in [-0.1, -0.05) is 0 Å². The van der Waals surface area contributed by atoms with E-state index in [-0.39, 0.29) is 42.3 Å². The maximum Gasteiger partial charge on any atom is 0.356 e. The highest BCUT2D eigenvalue weighted by atomic mass is 32.2. The molecule has 2 aliphatic rings. The number of carbonyl (C=O) groups excluding carboxylic acids is 3. The van der Waals surface area contributed by atoms with Gasteiger partial charge in [-0.3, -0.25) is 19.7 Å². The largest absolute Gasteiger partial charge is 0.465 e. The number of benzene rings is 1. The first-order valence-electron chi connectivity index (χ1n) is 9.67. The quantitative estimate of drug-likeness (QED) is 0.258. The molecule has 0 bridgehead atoms. The number of nitro groups is 1. The highest BCUT2D eigenvalue weighted by molar-refractivity contribution is 8.03. The van der Waals surface area contributed by atoms with Crippen molar-refractivity contribution in [3.8, 4) is 0 Å². The van der Waals surface area contributed by atoms with Crippen LogP contribution in [0.1, 0.15) is 25.8 Å². The van der Waals surface area contributed by atoms with E-state index in [1.165, 1.54) is 36.1 Å². The number of esters is 2. The minimum atomic E-state index is -0.861. The summed E-state index contributed by atoms with van der Waals surface area (Å²) in [6.45, 7) is 3.31. The Morgan fingerprint density at radius 2 is 2.00 bits per heavy atom. The fourth-order valence-corrected chi connectivity index (χ4v) is 4.61. The summed E-state index contributed by atoms with van der Waals surface area (Å²) < 4.78 is 10.3. The lowest BCUT2D eigenvalue weighted by Crippen LogP contribution is -2.61. The van der Waals surface area contributed by atoms with E-state index in [1.807, 2.05) is 0 Å². The number of nitrogens with zero attached hydrogens (tertiary/aromatic N) is 2. The van der Waals surface area contributed by atoms with Gasteiger partial charge in [0.2, 0.25) is 5.91 Å². The lowest BCUT2D eigenvalue weighted by atomic mass is 9.83. The van der Waals surface area contributed by atoms with Crippen molar-refractivity contribution in [3.63, 3.8) is 0 Å². The zero-order valence-electron chi connectivity index (χ0n) is 17.0. The zero-order chi connectivity index (χ0) is 22.7. The molecule has 1 amide bonds. The summed E-state index contributed by atoms with van der Waals surface area (Å²) in [5, 5.41) is 20.6. The molecule has 2 heterocycles. The van der Waals surface area contributed by atoms with Crippen LogP contribution in [-0.2, 0) is 30.5 Å². The normalized spacial score (nSPS) is 20.7. The van der Waals surface area contributed by atoms with Crippen LogP contribution in [0.15, 0.2) is 34.9 Å². The van der Waals surface area contributed by atoms with Crippen LogP contribution in [0, 0.1) is 16.0 Å². The number of amides is 1. The predicted octanol–water partition coefficient (Wildman–Crippen LogP) is 1.76. The van der Waals surface area contributed by atoms with Gasteiger partial charge in [0.05, 0.1) is 35.3 Å². The van der Waals surface area contributed by atoms with E-state index in [0.717, 1.165) is 11.8 Å². The van der Waals surface area contributed by atoms with Crippen molar-refractivity contribution in [3.05, 3.63) is 50.5 Å². The minimum Gasteiger partial charge on any atom is -0.465 e. The number of thioether (sulfide) groups is 1. The summed E-state index contributed by atoms with van der Waals surface area (Å²) in [4.78, 5) is 49.1. The van der Waals surface area contributed by atoms with Crippen LogP contribution in [0.3, 0.4) is 0 Å².